The minimum Gasteiger partial charge on any atom is -0.445 e. The second kappa shape index (κ2) is 5.53. The second-order valence-corrected chi connectivity index (χ2v) is 5.05. The molecule has 0 aromatic heterocycles. The van der Waals surface area contributed by atoms with E-state index in [1.54, 1.807) is 0 Å². The van der Waals surface area contributed by atoms with E-state index in [-0.39, 0.29) is 12.2 Å². The number of carbonyl (C=O) groups excluding carboxylic acids is 1. The molecular formula is C12H22N2O2. The largest absolute Gasteiger partial charge is 0.445 e. The molecule has 2 rings (SSSR count). The van der Waals surface area contributed by atoms with Crippen LogP contribution in [0.25, 0.3) is 0 Å². The molecule has 1 unspecified atom stereocenters. The molecule has 4 nitrogen and oxygen atoms in total. The first kappa shape index (κ1) is 11.7. The predicted octanol–water partition coefficient (Wildman–Crippen LogP) is 1.61. The number of rotatable bonds is 1. The highest BCUT2D eigenvalue weighted by Gasteiger charge is 2.25. The van der Waals surface area contributed by atoms with E-state index < -0.39 is 0 Å². The lowest BCUT2D eigenvalue weighted by Crippen LogP contribution is -2.44. The molecule has 2 saturated heterocycles. The Labute approximate surface area is 97.3 Å². The maximum Gasteiger partial charge on any atom is 0.410 e. The van der Waals surface area contributed by atoms with Crippen LogP contribution in [0.15, 0.2) is 0 Å². The third kappa shape index (κ3) is 3.11. The summed E-state index contributed by atoms with van der Waals surface area (Å²) in [5.41, 5.74) is 0. The van der Waals surface area contributed by atoms with Gasteiger partial charge in [-0.25, -0.2) is 4.79 Å². The monoisotopic (exact) mass is 226 g/mol. The van der Waals surface area contributed by atoms with Crippen LogP contribution < -0.4 is 5.32 Å². The summed E-state index contributed by atoms with van der Waals surface area (Å²) in [5, 5.41) is 3.26. The van der Waals surface area contributed by atoms with Crippen molar-refractivity contribution >= 4 is 6.09 Å². The molecule has 0 bridgehead atoms. The molecule has 0 saturated carbocycles. The van der Waals surface area contributed by atoms with Crippen molar-refractivity contribution in [2.45, 2.75) is 38.7 Å². The van der Waals surface area contributed by atoms with Crippen LogP contribution in [0.4, 0.5) is 4.79 Å². The highest BCUT2D eigenvalue weighted by Crippen LogP contribution is 2.17. The Morgan fingerprint density at radius 3 is 2.94 bits per heavy atom. The molecule has 2 aliphatic heterocycles. The van der Waals surface area contributed by atoms with Gasteiger partial charge in [0.1, 0.15) is 6.10 Å². The molecule has 2 atom stereocenters. The number of hydrogen-bond donors (Lipinski definition) is 1. The standard InChI is InChI=1S/C12H22N2O2/c1-10-4-3-7-14(9-10)12(15)16-11-5-2-6-13-8-11/h10-11,13H,2-9H2,1H3/t10?,11-/m0/s1. The zero-order valence-corrected chi connectivity index (χ0v) is 10.1. The Morgan fingerprint density at radius 2 is 2.25 bits per heavy atom. The van der Waals surface area contributed by atoms with Crippen molar-refractivity contribution in [2.75, 3.05) is 26.2 Å². The minimum atomic E-state index is -0.111. The van der Waals surface area contributed by atoms with E-state index in [2.05, 4.69) is 12.2 Å². The molecule has 4 heteroatoms. The molecule has 16 heavy (non-hydrogen) atoms. The first-order chi connectivity index (χ1) is 7.75. The topological polar surface area (TPSA) is 41.6 Å². The fourth-order valence-electron chi connectivity index (χ4n) is 2.49. The maximum absolute atomic E-state index is 11.9. The van der Waals surface area contributed by atoms with Gasteiger partial charge in [-0.1, -0.05) is 6.92 Å². The first-order valence-electron chi connectivity index (χ1n) is 6.42. The lowest BCUT2D eigenvalue weighted by molar-refractivity contribution is 0.0422. The molecule has 0 radical (unpaired) electrons. The summed E-state index contributed by atoms with van der Waals surface area (Å²) in [6.45, 7) is 5.79. The van der Waals surface area contributed by atoms with Gasteiger partial charge < -0.3 is 15.0 Å². The molecule has 2 fully saturated rings. The summed E-state index contributed by atoms with van der Waals surface area (Å²) in [6.07, 6.45) is 4.42. The highest BCUT2D eigenvalue weighted by atomic mass is 16.6. The van der Waals surface area contributed by atoms with Gasteiger partial charge in [0, 0.05) is 19.6 Å². The van der Waals surface area contributed by atoms with E-state index in [0.29, 0.717) is 5.92 Å². The molecule has 1 N–H and O–H groups in total. The number of amides is 1. The Bertz CT molecular complexity index is 239. The summed E-state index contributed by atoms with van der Waals surface area (Å²) in [5.74, 6) is 0.616. The molecule has 92 valence electrons. The van der Waals surface area contributed by atoms with Crippen molar-refractivity contribution in [3.63, 3.8) is 0 Å². The van der Waals surface area contributed by atoms with Crippen molar-refractivity contribution in [3.8, 4) is 0 Å². The van der Waals surface area contributed by atoms with Crippen molar-refractivity contribution in [1.82, 2.24) is 10.2 Å². The normalized spacial score (nSPS) is 31.2. The van der Waals surface area contributed by atoms with Crippen LogP contribution in [-0.2, 0) is 4.74 Å². The predicted molar refractivity (Wildman–Crippen MR) is 62.3 cm³/mol. The first-order valence-corrected chi connectivity index (χ1v) is 6.42. The van der Waals surface area contributed by atoms with Crippen molar-refractivity contribution in [2.24, 2.45) is 5.92 Å². The molecule has 1 amide bonds. The Balaban J connectivity index is 1.77. The van der Waals surface area contributed by atoms with Crippen LogP contribution in [0.1, 0.15) is 32.6 Å². The fraction of sp³-hybridized carbons (Fsp3) is 0.917. The van der Waals surface area contributed by atoms with E-state index in [9.17, 15) is 4.79 Å². The van der Waals surface area contributed by atoms with E-state index in [1.807, 2.05) is 4.90 Å². The summed E-state index contributed by atoms with van der Waals surface area (Å²) >= 11 is 0. The van der Waals surface area contributed by atoms with Gasteiger partial charge >= 0.3 is 6.09 Å². The summed E-state index contributed by atoms with van der Waals surface area (Å²) in [4.78, 5) is 13.8. The molecule has 2 aliphatic rings. The third-order valence-electron chi connectivity index (χ3n) is 3.43. The number of hydrogen-bond acceptors (Lipinski definition) is 3. The molecule has 0 aromatic carbocycles. The van der Waals surface area contributed by atoms with E-state index in [4.69, 9.17) is 4.74 Å². The van der Waals surface area contributed by atoms with Crippen LogP contribution in [0, 0.1) is 5.92 Å². The molecular weight excluding hydrogens is 204 g/mol. The van der Waals surface area contributed by atoms with E-state index >= 15 is 0 Å². The van der Waals surface area contributed by atoms with Crippen LogP contribution in [0.2, 0.25) is 0 Å². The fourth-order valence-corrected chi connectivity index (χ4v) is 2.49. The SMILES string of the molecule is CC1CCCN(C(=O)O[C@H]2CCCNC2)C1. The number of carbonyl (C=O) groups is 1. The molecule has 0 aliphatic carbocycles. The number of ether oxygens (including phenoxy) is 1. The van der Waals surface area contributed by atoms with Crippen LogP contribution in [0.5, 0.6) is 0 Å². The summed E-state index contributed by atoms with van der Waals surface area (Å²) in [7, 11) is 0. The average molecular weight is 226 g/mol. The number of nitrogens with one attached hydrogen (secondary N) is 1. The zero-order valence-electron chi connectivity index (χ0n) is 10.1. The van der Waals surface area contributed by atoms with Crippen LogP contribution >= 0.6 is 0 Å². The van der Waals surface area contributed by atoms with Gasteiger partial charge in [-0.05, 0) is 38.1 Å². The van der Waals surface area contributed by atoms with Crippen molar-refractivity contribution < 1.29 is 9.53 Å². The second-order valence-electron chi connectivity index (χ2n) is 5.05. The number of nitrogens with zero attached hydrogens (tertiary/aromatic N) is 1. The highest BCUT2D eigenvalue weighted by molar-refractivity contribution is 5.68. The van der Waals surface area contributed by atoms with Gasteiger partial charge in [0.15, 0.2) is 0 Å². The quantitative estimate of drug-likeness (QED) is 0.738. The van der Waals surface area contributed by atoms with E-state index in [0.717, 1.165) is 45.4 Å². The smallest absolute Gasteiger partial charge is 0.410 e. The summed E-state index contributed by atoms with van der Waals surface area (Å²) in [6, 6.07) is 0. The number of likely N-dealkylation sites (tertiary alicyclic amines) is 1. The van der Waals surface area contributed by atoms with Gasteiger partial charge in [-0.3, -0.25) is 0 Å². The lowest BCUT2D eigenvalue weighted by atomic mass is 10.0. The Hall–Kier alpha value is -0.770. The molecule has 2 heterocycles. The van der Waals surface area contributed by atoms with Gasteiger partial charge in [0.2, 0.25) is 0 Å². The van der Waals surface area contributed by atoms with Gasteiger partial charge in [0.05, 0.1) is 0 Å². The van der Waals surface area contributed by atoms with Gasteiger partial charge in [-0.15, -0.1) is 0 Å². The Kier molecular flexibility index (Phi) is 4.04. The number of piperidine rings is 2. The maximum atomic E-state index is 11.9. The lowest BCUT2D eigenvalue weighted by Gasteiger charge is -2.32. The summed E-state index contributed by atoms with van der Waals surface area (Å²) < 4.78 is 5.50. The van der Waals surface area contributed by atoms with Crippen LogP contribution in [0.3, 0.4) is 0 Å². The average Bonchev–Trinajstić information content (AvgIpc) is 2.30. The molecule has 0 aromatic rings. The minimum absolute atomic E-state index is 0.0819. The van der Waals surface area contributed by atoms with Crippen LogP contribution in [-0.4, -0.2) is 43.3 Å². The third-order valence-corrected chi connectivity index (χ3v) is 3.43. The van der Waals surface area contributed by atoms with E-state index in [1.165, 1.54) is 6.42 Å². The van der Waals surface area contributed by atoms with Gasteiger partial charge in [0.25, 0.3) is 0 Å². The molecule has 0 spiro atoms. The Morgan fingerprint density at radius 1 is 1.38 bits per heavy atom. The van der Waals surface area contributed by atoms with Crippen molar-refractivity contribution in [3.05, 3.63) is 0 Å². The zero-order chi connectivity index (χ0) is 11.4. The van der Waals surface area contributed by atoms with Crippen molar-refractivity contribution in [1.29, 1.82) is 0 Å². The van der Waals surface area contributed by atoms with Gasteiger partial charge in [-0.2, -0.15) is 0 Å².